The third-order valence-electron chi connectivity index (χ3n) is 4.79. The van der Waals surface area contributed by atoms with Crippen molar-refractivity contribution in [1.29, 1.82) is 0 Å². The fraction of sp³-hybridized carbons (Fsp3) is 0.409. The van der Waals surface area contributed by atoms with Gasteiger partial charge in [-0.05, 0) is 47.7 Å². The summed E-state index contributed by atoms with van der Waals surface area (Å²) in [5.41, 5.74) is 1.54. The van der Waals surface area contributed by atoms with Crippen LogP contribution in [0.2, 0.25) is 0 Å². The Kier molecular flexibility index (Phi) is 8.00. The quantitative estimate of drug-likeness (QED) is 0.674. The Morgan fingerprint density at radius 2 is 1.66 bits per heavy atom. The van der Waals surface area contributed by atoms with Gasteiger partial charge in [0.05, 0.1) is 0 Å². The van der Waals surface area contributed by atoms with E-state index in [9.17, 15) is 19.8 Å². The van der Waals surface area contributed by atoms with Gasteiger partial charge in [-0.3, -0.25) is 14.7 Å². The molecule has 0 radical (unpaired) electrons. The number of amides is 2. The minimum atomic E-state index is -1.16. The molecule has 156 valence electrons. The average molecular weight is 399 g/mol. The second-order valence-electron chi connectivity index (χ2n) is 7.59. The maximum Gasteiger partial charge on any atom is 0.408 e. The van der Waals surface area contributed by atoms with Gasteiger partial charge in [-0.15, -0.1) is 0 Å². The number of aromatic hydroxyl groups is 1. The zero-order valence-corrected chi connectivity index (χ0v) is 17.2. The Labute approximate surface area is 171 Å². The Balaban J connectivity index is 2.30. The predicted octanol–water partition coefficient (Wildman–Crippen LogP) is 3.38. The van der Waals surface area contributed by atoms with E-state index in [0.717, 1.165) is 17.5 Å². The Morgan fingerprint density at radius 1 is 1.03 bits per heavy atom. The number of carboxylic acid groups (broad SMARTS) is 1. The van der Waals surface area contributed by atoms with E-state index in [1.165, 1.54) is 17.0 Å². The van der Waals surface area contributed by atoms with Crippen LogP contribution in [0.5, 0.6) is 5.75 Å². The van der Waals surface area contributed by atoms with E-state index in [1.807, 2.05) is 0 Å². The average Bonchev–Trinajstić information content (AvgIpc) is 2.70. The molecule has 7 heteroatoms. The zero-order chi connectivity index (χ0) is 21.4. The lowest BCUT2D eigenvalue weighted by Gasteiger charge is -2.32. The summed E-state index contributed by atoms with van der Waals surface area (Å²) in [5.74, 6) is 0.320. The lowest BCUT2D eigenvalue weighted by molar-refractivity contribution is -0.135. The Bertz CT molecular complexity index is 793. The zero-order valence-electron chi connectivity index (χ0n) is 17.2. The van der Waals surface area contributed by atoms with E-state index in [2.05, 4.69) is 18.8 Å². The molecular formula is C22H29N3O4. The number of pyridine rings is 1. The van der Waals surface area contributed by atoms with Crippen LogP contribution in [-0.4, -0.2) is 56.6 Å². The molecule has 0 saturated heterocycles. The van der Waals surface area contributed by atoms with Crippen LogP contribution in [0.15, 0.2) is 48.8 Å². The first kappa shape index (κ1) is 22.2. The van der Waals surface area contributed by atoms with Gasteiger partial charge in [-0.1, -0.05) is 26.0 Å². The minimum Gasteiger partial charge on any atom is -0.508 e. The second-order valence-corrected chi connectivity index (χ2v) is 7.59. The normalized spacial score (nSPS) is 11.9. The molecule has 0 saturated carbocycles. The van der Waals surface area contributed by atoms with Crippen molar-refractivity contribution in [3.63, 3.8) is 0 Å². The number of carbonyl (C=O) groups excluding carboxylic acids is 1. The maximum absolute atomic E-state index is 13.2. The molecule has 1 heterocycles. The van der Waals surface area contributed by atoms with Crippen LogP contribution in [0.4, 0.5) is 4.79 Å². The van der Waals surface area contributed by atoms with Gasteiger partial charge in [0.2, 0.25) is 5.91 Å². The molecule has 0 spiro atoms. The highest BCUT2D eigenvalue weighted by atomic mass is 16.4. The lowest BCUT2D eigenvalue weighted by Crippen LogP contribution is -2.50. The smallest absolute Gasteiger partial charge is 0.408 e. The fourth-order valence-corrected chi connectivity index (χ4v) is 3.00. The van der Waals surface area contributed by atoms with Crippen molar-refractivity contribution in [3.8, 4) is 5.75 Å². The SMILES string of the molecule is CC(C)CCN(C)C(=O)[C@H](Cc1ccc(O)cc1)N(Cc1ccncc1)C(=O)O. The van der Waals surface area contributed by atoms with Crippen LogP contribution in [0.3, 0.4) is 0 Å². The van der Waals surface area contributed by atoms with Gasteiger partial charge in [-0.2, -0.15) is 0 Å². The maximum atomic E-state index is 13.2. The number of phenols is 1. The van der Waals surface area contributed by atoms with E-state index < -0.39 is 12.1 Å². The standard InChI is InChI=1S/C22H29N3O4/c1-16(2)10-13-24(3)21(27)20(14-17-4-6-19(26)7-5-17)25(22(28)29)15-18-8-11-23-12-9-18/h4-9,11-12,16,20,26H,10,13-15H2,1-3H3,(H,28,29)/t20-/m0/s1. The molecule has 2 aromatic rings. The van der Waals surface area contributed by atoms with E-state index in [-0.39, 0.29) is 24.6 Å². The second kappa shape index (κ2) is 10.5. The van der Waals surface area contributed by atoms with Crippen molar-refractivity contribution in [2.75, 3.05) is 13.6 Å². The molecule has 2 rings (SSSR count). The summed E-state index contributed by atoms with van der Waals surface area (Å²) >= 11 is 0. The van der Waals surface area contributed by atoms with Gasteiger partial charge < -0.3 is 15.1 Å². The molecule has 29 heavy (non-hydrogen) atoms. The predicted molar refractivity (Wildman–Crippen MR) is 110 cm³/mol. The van der Waals surface area contributed by atoms with Crippen molar-refractivity contribution in [3.05, 3.63) is 59.9 Å². The lowest BCUT2D eigenvalue weighted by atomic mass is 10.0. The monoisotopic (exact) mass is 399 g/mol. The van der Waals surface area contributed by atoms with Crippen molar-refractivity contribution in [1.82, 2.24) is 14.8 Å². The number of likely N-dealkylation sites (N-methyl/N-ethyl adjacent to an activating group) is 1. The first-order valence-corrected chi connectivity index (χ1v) is 9.69. The molecular weight excluding hydrogens is 370 g/mol. The topological polar surface area (TPSA) is 94.0 Å². The minimum absolute atomic E-state index is 0.0877. The molecule has 0 fully saturated rings. The number of rotatable bonds is 9. The fourth-order valence-electron chi connectivity index (χ4n) is 3.00. The number of carbonyl (C=O) groups is 2. The number of benzene rings is 1. The van der Waals surface area contributed by atoms with Crippen molar-refractivity contribution in [2.45, 2.75) is 39.3 Å². The number of phenolic OH excluding ortho intramolecular Hbond substituents is 1. The number of hydrogen-bond acceptors (Lipinski definition) is 4. The van der Waals surface area contributed by atoms with Crippen LogP contribution >= 0.6 is 0 Å². The van der Waals surface area contributed by atoms with E-state index >= 15 is 0 Å². The van der Waals surface area contributed by atoms with E-state index in [0.29, 0.717) is 12.5 Å². The molecule has 1 aromatic heterocycles. The van der Waals surface area contributed by atoms with Crippen LogP contribution in [0.25, 0.3) is 0 Å². The van der Waals surface area contributed by atoms with Gasteiger partial charge in [0, 0.05) is 39.0 Å². The molecule has 1 atom stereocenters. The molecule has 2 amide bonds. The van der Waals surface area contributed by atoms with Gasteiger partial charge in [-0.25, -0.2) is 4.79 Å². The van der Waals surface area contributed by atoms with Crippen LogP contribution in [-0.2, 0) is 17.8 Å². The Morgan fingerprint density at radius 3 is 2.21 bits per heavy atom. The van der Waals surface area contributed by atoms with Gasteiger partial charge >= 0.3 is 6.09 Å². The molecule has 0 aliphatic heterocycles. The summed E-state index contributed by atoms with van der Waals surface area (Å²) in [6.07, 6.45) is 3.10. The van der Waals surface area contributed by atoms with Crippen molar-refractivity contribution >= 4 is 12.0 Å². The number of hydrogen-bond donors (Lipinski definition) is 2. The third kappa shape index (κ3) is 6.78. The largest absolute Gasteiger partial charge is 0.508 e. The first-order valence-electron chi connectivity index (χ1n) is 9.69. The number of aromatic nitrogens is 1. The summed E-state index contributed by atoms with van der Waals surface area (Å²) in [6.45, 7) is 4.81. The highest BCUT2D eigenvalue weighted by Gasteiger charge is 2.32. The molecule has 0 bridgehead atoms. The van der Waals surface area contributed by atoms with Gasteiger partial charge in [0.25, 0.3) is 0 Å². The van der Waals surface area contributed by atoms with Crippen LogP contribution in [0.1, 0.15) is 31.4 Å². The molecule has 2 N–H and O–H groups in total. The highest BCUT2D eigenvalue weighted by Crippen LogP contribution is 2.18. The first-order chi connectivity index (χ1) is 13.8. The van der Waals surface area contributed by atoms with E-state index in [1.54, 1.807) is 48.6 Å². The summed E-state index contributed by atoms with van der Waals surface area (Å²) in [4.78, 5) is 32.0. The molecule has 1 aromatic carbocycles. The molecule has 0 unspecified atom stereocenters. The summed E-state index contributed by atoms with van der Waals surface area (Å²) in [5, 5.41) is 19.4. The van der Waals surface area contributed by atoms with Crippen molar-refractivity contribution in [2.24, 2.45) is 5.92 Å². The molecule has 7 nitrogen and oxygen atoms in total. The van der Waals surface area contributed by atoms with Gasteiger partial charge in [0.15, 0.2) is 0 Å². The molecule has 0 aliphatic carbocycles. The highest BCUT2D eigenvalue weighted by molar-refractivity contribution is 5.85. The number of nitrogens with zero attached hydrogens (tertiary/aromatic N) is 3. The molecule has 0 aliphatic rings. The Hall–Kier alpha value is -3.09. The van der Waals surface area contributed by atoms with Crippen LogP contribution < -0.4 is 0 Å². The van der Waals surface area contributed by atoms with Crippen LogP contribution in [0, 0.1) is 5.92 Å². The third-order valence-corrected chi connectivity index (χ3v) is 4.79. The van der Waals surface area contributed by atoms with Gasteiger partial charge in [0.1, 0.15) is 11.8 Å². The summed E-state index contributed by atoms with van der Waals surface area (Å²) in [6, 6.07) is 9.08. The van der Waals surface area contributed by atoms with Crippen molar-refractivity contribution < 1.29 is 19.8 Å². The summed E-state index contributed by atoms with van der Waals surface area (Å²) < 4.78 is 0. The van der Waals surface area contributed by atoms with E-state index in [4.69, 9.17) is 0 Å². The summed E-state index contributed by atoms with van der Waals surface area (Å²) in [7, 11) is 1.71.